The van der Waals surface area contributed by atoms with E-state index >= 15 is 0 Å². The van der Waals surface area contributed by atoms with E-state index in [1.807, 2.05) is 48.7 Å². The molecular weight excluding hydrogens is 334 g/mol. The monoisotopic (exact) mass is 357 g/mol. The van der Waals surface area contributed by atoms with E-state index in [2.05, 4.69) is 30.2 Å². The molecule has 0 bridgehead atoms. The number of aromatic nitrogens is 1. The number of nitrogens with one attached hydrogen (secondary N) is 2. The highest BCUT2D eigenvalue weighted by Gasteiger charge is 2.16. The van der Waals surface area contributed by atoms with Gasteiger partial charge in [-0.2, -0.15) is 0 Å². The van der Waals surface area contributed by atoms with Crippen LogP contribution in [0.4, 0.5) is 5.69 Å². The van der Waals surface area contributed by atoms with Crippen molar-refractivity contribution < 1.29 is 4.79 Å². The fourth-order valence-electron chi connectivity index (χ4n) is 2.84. The van der Waals surface area contributed by atoms with Crippen LogP contribution in [0.2, 0.25) is 0 Å². The molecule has 5 heteroatoms. The summed E-state index contributed by atoms with van der Waals surface area (Å²) in [6.07, 6.45) is 2.43. The molecule has 3 rings (SSSR count). The second kappa shape index (κ2) is 8.19. The number of carbonyl (C=O) groups excluding carboxylic acids is 1. The van der Waals surface area contributed by atoms with E-state index in [9.17, 15) is 4.79 Å². The summed E-state index contributed by atoms with van der Waals surface area (Å²) in [6, 6.07) is 15.3. The zero-order chi connectivity index (χ0) is 17.1. The van der Waals surface area contributed by atoms with Crippen molar-refractivity contribution in [3.8, 4) is 0 Å². The largest absolute Gasteiger partial charge is 0.361 e. The van der Waals surface area contributed by atoms with Crippen molar-refractivity contribution in [1.82, 2.24) is 4.98 Å². The van der Waals surface area contributed by atoms with Crippen molar-refractivity contribution in [3.63, 3.8) is 0 Å². The van der Waals surface area contributed by atoms with Crippen molar-refractivity contribution in [3.05, 3.63) is 65.9 Å². The Labute approximate surface area is 154 Å². The Morgan fingerprint density at radius 2 is 1.92 bits per heavy atom. The van der Waals surface area contributed by atoms with Crippen molar-refractivity contribution in [2.24, 2.45) is 5.73 Å². The lowest BCUT2D eigenvalue weighted by atomic mass is 10.0. The van der Waals surface area contributed by atoms with Crippen LogP contribution in [-0.4, -0.2) is 16.9 Å². The molecule has 1 amide bonds. The zero-order valence-electron chi connectivity index (χ0n) is 14.5. The van der Waals surface area contributed by atoms with Gasteiger partial charge in [-0.15, -0.1) is 12.4 Å². The van der Waals surface area contributed by atoms with Gasteiger partial charge in [0, 0.05) is 22.8 Å². The van der Waals surface area contributed by atoms with Gasteiger partial charge >= 0.3 is 0 Å². The van der Waals surface area contributed by atoms with E-state index in [0.717, 1.165) is 22.2 Å². The fourth-order valence-corrected chi connectivity index (χ4v) is 2.84. The summed E-state index contributed by atoms with van der Waals surface area (Å²) in [5, 5.41) is 4.04. The van der Waals surface area contributed by atoms with Crippen LogP contribution in [0.1, 0.15) is 30.9 Å². The van der Waals surface area contributed by atoms with Gasteiger partial charge in [0.25, 0.3) is 0 Å². The Balaban J connectivity index is 0.00000225. The van der Waals surface area contributed by atoms with E-state index in [0.29, 0.717) is 12.3 Å². The van der Waals surface area contributed by atoms with E-state index in [1.165, 1.54) is 5.56 Å². The van der Waals surface area contributed by atoms with Crippen LogP contribution in [0.25, 0.3) is 10.9 Å². The molecule has 0 saturated carbocycles. The van der Waals surface area contributed by atoms with Crippen molar-refractivity contribution >= 4 is 34.9 Å². The van der Waals surface area contributed by atoms with Gasteiger partial charge in [0.1, 0.15) is 0 Å². The van der Waals surface area contributed by atoms with E-state index < -0.39 is 6.04 Å². The number of aromatic amines is 1. The first kappa shape index (κ1) is 19.0. The van der Waals surface area contributed by atoms with Gasteiger partial charge in [0.2, 0.25) is 5.91 Å². The molecule has 4 nitrogen and oxygen atoms in total. The van der Waals surface area contributed by atoms with Crippen LogP contribution in [0, 0.1) is 0 Å². The second-order valence-electron chi connectivity index (χ2n) is 6.44. The predicted octanol–water partition coefficient (Wildman–Crippen LogP) is 4.22. The van der Waals surface area contributed by atoms with Gasteiger partial charge in [0.15, 0.2) is 0 Å². The summed E-state index contributed by atoms with van der Waals surface area (Å²) in [6.45, 7) is 4.26. The van der Waals surface area contributed by atoms with Gasteiger partial charge in [-0.25, -0.2) is 0 Å². The van der Waals surface area contributed by atoms with Gasteiger partial charge < -0.3 is 16.0 Å². The number of carbonyl (C=O) groups is 1. The molecule has 0 aliphatic rings. The van der Waals surface area contributed by atoms with Gasteiger partial charge in [-0.05, 0) is 41.7 Å². The second-order valence-corrected chi connectivity index (χ2v) is 6.44. The smallest absolute Gasteiger partial charge is 0.241 e. The maximum Gasteiger partial charge on any atom is 0.241 e. The number of rotatable bonds is 5. The molecule has 0 fully saturated rings. The molecule has 1 heterocycles. The van der Waals surface area contributed by atoms with Gasteiger partial charge in [0.05, 0.1) is 6.04 Å². The summed E-state index contributed by atoms with van der Waals surface area (Å²) < 4.78 is 0. The SMILES string of the molecule is CC(C)c1cccc(NC(=O)[C@@H](N)Cc2c[nH]c3ccccc23)c1.Cl. The predicted molar refractivity (Wildman–Crippen MR) is 106 cm³/mol. The fraction of sp³-hybridized carbons (Fsp3) is 0.250. The average Bonchev–Trinajstić information content (AvgIpc) is 2.98. The van der Waals surface area contributed by atoms with Crippen LogP contribution in [0.3, 0.4) is 0 Å². The highest BCUT2D eigenvalue weighted by molar-refractivity contribution is 5.95. The maximum atomic E-state index is 12.4. The summed E-state index contributed by atoms with van der Waals surface area (Å²) in [4.78, 5) is 15.6. The molecule has 0 spiro atoms. The topological polar surface area (TPSA) is 70.9 Å². The number of hydrogen-bond acceptors (Lipinski definition) is 2. The number of benzene rings is 2. The minimum Gasteiger partial charge on any atom is -0.361 e. The average molecular weight is 358 g/mol. The van der Waals surface area contributed by atoms with Crippen LogP contribution in [-0.2, 0) is 11.2 Å². The van der Waals surface area contributed by atoms with E-state index in [4.69, 9.17) is 5.73 Å². The van der Waals surface area contributed by atoms with Crippen molar-refractivity contribution in [2.45, 2.75) is 32.2 Å². The third kappa shape index (κ3) is 4.41. The Morgan fingerprint density at radius 3 is 2.68 bits per heavy atom. The zero-order valence-corrected chi connectivity index (χ0v) is 15.3. The number of halogens is 1. The van der Waals surface area contributed by atoms with E-state index in [-0.39, 0.29) is 18.3 Å². The number of nitrogens with two attached hydrogens (primary N) is 1. The molecule has 0 saturated heterocycles. The summed E-state index contributed by atoms with van der Waals surface area (Å²) >= 11 is 0. The third-order valence-electron chi connectivity index (χ3n) is 4.27. The lowest BCUT2D eigenvalue weighted by Crippen LogP contribution is -2.37. The lowest BCUT2D eigenvalue weighted by molar-refractivity contribution is -0.117. The van der Waals surface area contributed by atoms with E-state index in [1.54, 1.807) is 0 Å². The maximum absolute atomic E-state index is 12.4. The molecule has 1 atom stereocenters. The summed E-state index contributed by atoms with van der Waals surface area (Å²) in [5.41, 5.74) is 10.2. The highest BCUT2D eigenvalue weighted by Crippen LogP contribution is 2.20. The minimum absolute atomic E-state index is 0. The van der Waals surface area contributed by atoms with Crippen LogP contribution in [0.15, 0.2) is 54.7 Å². The molecule has 3 aromatic rings. The molecule has 0 aliphatic carbocycles. The quantitative estimate of drug-likeness (QED) is 0.639. The first-order valence-electron chi connectivity index (χ1n) is 8.26. The van der Waals surface area contributed by atoms with Crippen LogP contribution in [0.5, 0.6) is 0 Å². The lowest BCUT2D eigenvalue weighted by Gasteiger charge is -2.13. The molecule has 25 heavy (non-hydrogen) atoms. The first-order chi connectivity index (χ1) is 11.5. The molecule has 0 radical (unpaired) electrons. The van der Waals surface area contributed by atoms with Gasteiger partial charge in [-0.3, -0.25) is 4.79 Å². The number of fused-ring (bicyclic) bond motifs is 1. The highest BCUT2D eigenvalue weighted by atomic mass is 35.5. The minimum atomic E-state index is -0.591. The molecule has 1 aromatic heterocycles. The number of H-pyrrole nitrogens is 1. The number of para-hydroxylation sites is 1. The summed E-state index contributed by atoms with van der Waals surface area (Å²) in [5.74, 6) is 0.253. The Bertz CT molecular complexity index is 857. The van der Waals surface area contributed by atoms with Crippen molar-refractivity contribution in [2.75, 3.05) is 5.32 Å². The number of amides is 1. The standard InChI is InChI=1S/C20H23N3O.ClH/c1-13(2)14-6-5-7-16(10-14)23-20(24)18(21)11-15-12-22-19-9-4-3-8-17(15)19;/h3-10,12-13,18,22H,11,21H2,1-2H3,(H,23,24);1H/t18-;/m0./s1. The Morgan fingerprint density at radius 1 is 1.16 bits per heavy atom. The van der Waals surface area contributed by atoms with Crippen LogP contribution >= 0.6 is 12.4 Å². The molecule has 2 aromatic carbocycles. The number of hydrogen-bond donors (Lipinski definition) is 3. The number of anilines is 1. The summed E-state index contributed by atoms with van der Waals surface area (Å²) in [7, 11) is 0. The molecule has 0 unspecified atom stereocenters. The van der Waals surface area contributed by atoms with Crippen LogP contribution < -0.4 is 11.1 Å². The molecular formula is C20H24ClN3O. The third-order valence-corrected chi connectivity index (χ3v) is 4.27. The molecule has 0 aliphatic heterocycles. The molecule has 4 N–H and O–H groups in total. The Hall–Kier alpha value is -2.30. The van der Waals surface area contributed by atoms with Gasteiger partial charge in [-0.1, -0.05) is 44.2 Å². The Kier molecular flexibility index (Phi) is 6.23. The van der Waals surface area contributed by atoms with Crippen molar-refractivity contribution in [1.29, 1.82) is 0 Å². The molecule has 132 valence electrons. The first-order valence-corrected chi connectivity index (χ1v) is 8.26. The normalized spacial score (nSPS) is 12.0.